The van der Waals surface area contributed by atoms with Crippen LogP contribution >= 0.6 is 24.0 Å². The number of ether oxygens (including phenoxy) is 1. The molecule has 0 bridgehead atoms. The van der Waals surface area contributed by atoms with Gasteiger partial charge in [0.15, 0.2) is 15.8 Å². The lowest BCUT2D eigenvalue weighted by Gasteiger charge is -2.12. The van der Waals surface area contributed by atoms with Crippen molar-refractivity contribution in [3.63, 3.8) is 0 Å². The van der Waals surface area contributed by atoms with Crippen molar-refractivity contribution < 1.29 is 13.2 Å². The van der Waals surface area contributed by atoms with E-state index >= 15 is 0 Å². The highest BCUT2D eigenvalue weighted by atomic mass is 127. The van der Waals surface area contributed by atoms with Gasteiger partial charge in [-0.3, -0.25) is 4.99 Å². The number of unbranched alkanes of at least 4 members (excludes halogenated alkanes) is 1. The molecule has 0 amide bonds. The Balaban J connectivity index is 0.00000676. The molecular weight excluding hydrogens is 477 g/mol. The molecule has 0 heterocycles. The fourth-order valence-electron chi connectivity index (χ4n) is 2.32. The molecule has 0 aliphatic carbocycles. The SMILES string of the molecule is CCNC(=NCCCCC(C)C)NCCOc1ccc(S(C)(=O)=O)cc1.I. The number of hydrogen-bond acceptors (Lipinski definition) is 4. The average Bonchev–Trinajstić information content (AvgIpc) is 2.57. The molecule has 8 heteroatoms. The Hall–Kier alpha value is -1.03. The molecule has 0 radical (unpaired) electrons. The molecule has 27 heavy (non-hydrogen) atoms. The van der Waals surface area contributed by atoms with Crippen LogP contribution in [-0.2, 0) is 9.84 Å². The molecule has 6 nitrogen and oxygen atoms in total. The van der Waals surface area contributed by atoms with Gasteiger partial charge in [0.1, 0.15) is 12.4 Å². The maximum atomic E-state index is 11.4. The van der Waals surface area contributed by atoms with Crippen molar-refractivity contribution in [2.24, 2.45) is 10.9 Å². The van der Waals surface area contributed by atoms with Crippen LogP contribution in [0.2, 0.25) is 0 Å². The highest BCUT2D eigenvalue weighted by molar-refractivity contribution is 14.0. The standard InChI is InChI=1S/C19H33N3O3S.HI/c1-5-20-19(21-13-7-6-8-16(2)3)22-14-15-25-17-9-11-18(12-10-17)26(4,23)24;/h9-12,16H,5-8,13-15H2,1-4H3,(H2,20,21,22);1H. The van der Waals surface area contributed by atoms with Crippen LogP contribution in [0, 0.1) is 5.92 Å². The van der Waals surface area contributed by atoms with Gasteiger partial charge in [-0.1, -0.05) is 26.7 Å². The number of sulfone groups is 1. The van der Waals surface area contributed by atoms with E-state index in [0.29, 0.717) is 23.8 Å². The molecule has 0 aliphatic heterocycles. The maximum Gasteiger partial charge on any atom is 0.191 e. The zero-order chi connectivity index (χ0) is 19.4. The first-order valence-corrected chi connectivity index (χ1v) is 11.2. The minimum absolute atomic E-state index is 0. The van der Waals surface area contributed by atoms with Gasteiger partial charge in [0.2, 0.25) is 0 Å². The maximum absolute atomic E-state index is 11.4. The van der Waals surface area contributed by atoms with Crippen molar-refractivity contribution in [1.29, 1.82) is 0 Å². The number of benzene rings is 1. The lowest BCUT2D eigenvalue weighted by Crippen LogP contribution is -2.39. The number of nitrogens with one attached hydrogen (secondary N) is 2. The number of nitrogens with zero attached hydrogens (tertiary/aromatic N) is 1. The van der Waals surface area contributed by atoms with Gasteiger partial charge in [0.05, 0.1) is 11.4 Å². The Labute approximate surface area is 181 Å². The molecule has 0 spiro atoms. The molecule has 2 N–H and O–H groups in total. The van der Waals surface area contributed by atoms with Gasteiger partial charge in [-0.2, -0.15) is 0 Å². The van der Waals surface area contributed by atoms with Gasteiger partial charge >= 0.3 is 0 Å². The van der Waals surface area contributed by atoms with Gasteiger partial charge in [0, 0.05) is 19.3 Å². The van der Waals surface area contributed by atoms with Crippen LogP contribution in [-0.4, -0.2) is 46.9 Å². The Kier molecular flexibility index (Phi) is 13.5. The van der Waals surface area contributed by atoms with Gasteiger partial charge in [-0.25, -0.2) is 8.42 Å². The Morgan fingerprint density at radius 1 is 1.15 bits per heavy atom. The summed E-state index contributed by atoms with van der Waals surface area (Å²) in [5, 5.41) is 6.47. The van der Waals surface area contributed by atoms with Crippen molar-refractivity contribution in [2.45, 2.75) is 44.9 Å². The molecule has 0 aliphatic rings. The summed E-state index contributed by atoms with van der Waals surface area (Å²) in [6.45, 7) is 9.23. The molecule has 156 valence electrons. The second kappa shape index (κ2) is 14.0. The van der Waals surface area contributed by atoms with E-state index in [-0.39, 0.29) is 24.0 Å². The van der Waals surface area contributed by atoms with Crippen LogP contribution in [0.3, 0.4) is 0 Å². The summed E-state index contributed by atoms with van der Waals surface area (Å²) < 4.78 is 28.5. The average molecular weight is 511 g/mol. The fourth-order valence-corrected chi connectivity index (χ4v) is 2.95. The van der Waals surface area contributed by atoms with Crippen molar-refractivity contribution >= 4 is 39.8 Å². The van der Waals surface area contributed by atoms with Crippen LogP contribution in [0.5, 0.6) is 5.75 Å². The van der Waals surface area contributed by atoms with Crippen molar-refractivity contribution in [2.75, 3.05) is 32.5 Å². The Bertz CT molecular complexity index is 647. The second-order valence-corrected chi connectivity index (χ2v) is 8.68. The van der Waals surface area contributed by atoms with Gasteiger partial charge < -0.3 is 15.4 Å². The summed E-state index contributed by atoms with van der Waals surface area (Å²) in [7, 11) is -3.17. The lowest BCUT2D eigenvalue weighted by atomic mass is 10.1. The van der Waals surface area contributed by atoms with Crippen LogP contribution in [0.25, 0.3) is 0 Å². The van der Waals surface area contributed by atoms with E-state index < -0.39 is 9.84 Å². The van der Waals surface area contributed by atoms with Gasteiger partial charge in [0.25, 0.3) is 0 Å². The first kappa shape index (κ1) is 26.0. The minimum Gasteiger partial charge on any atom is -0.492 e. The smallest absolute Gasteiger partial charge is 0.191 e. The fraction of sp³-hybridized carbons (Fsp3) is 0.632. The first-order chi connectivity index (χ1) is 12.3. The predicted molar refractivity (Wildman–Crippen MR) is 123 cm³/mol. The molecule has 0 saturated heterocycles. The third kappa shape index (κ3) is 12.1. The summed E-state index contributed by atoms with van der Waals surface area (Å²) in [6, 6.07) is 6.45. The minimum atomic E-state index is -3.17. The largest absolute Gasteiger partial charge is 0.492 e. The van der Waals surface area contributed by atoms with E-state index in [1.165, 1.54) is 19.1 Å². The van der Waals surface area contributed by atoms with E-state index in [1.807, 2.05) is 6.92 Å². The molecule has 0 saturated carbocycles. The molecule has 1 rings (SSSR count). The second-order valence-electron chi connectivity index (χ2n) is 6.67. The predicted octanol–water partition coefficient (Wildman–Crippen LogP) is 3.47. The van der Waals surface area contributed by atoms with Crippen LogP contribution in [0.1, 0.15) is 40.0 Å². The number of guanidine groups is 1. The molecule has 1 aromatic rings. The van der Waals surface area contributed by atoms with E-state index in [9.17, 15) is 8.42 Å². The highest BCUT2D eigenvalue weighted by Crippen LogP contribution is 2.15. The van der Waals surface area contributed by atoms with Gasteiger partial charge in [-0.05, 0) is 43.5 Å². The zero-order valence-corrected chi connectivity index (χ0v) is 20.0. The topological polar surface area (TPSA) is 79.8 Å². The first-order valence-electron chi connectivity index (χ1n) is 9.28. The highest BCUT2D eigenvalue weighted by Gasteiger charge is 2.06. The number of aliphatic imine (C=N–C) groups is 1. The summed E-state index contributed by atoms with van der Waals surface area (Å²) in [4.78, 5) is 4.86. The quantitative estimate of drug-likeness (QED) is 0.206. The Morgan fingerprint density at radius 2 is 1.81 bits per heavy atom. The monoisotopic (exact) mass is 511 g/mol. The van der Waals surface area contributed by atoms with Crippen LogP contribution in [0.4, 0.5) is 0 Å². The molecule has 0 aromatic heterocycles. The number of hydrogen-bond donors (Lipinski definition) is 2. The van der Waals surface area contributed by atoms with Crippen molar-refractivity contribution in [3.05, 3.63) is 24.3 Å². The summed E-state index contributed by atoms with van der Waals surface area (Å²) >= 11 is 0. The van der Waals surface area contributed by atoms with E-state index in [1.54, 1.807) is 24.3 Å². The Morgan fingerprint density at radius 3 is 2.37 bits per heavy atom. The van der Waals surface area contributed by atoms with Crippen molar-refractivity contribution in [3.8, 4) is 5.75 Å². The van der Waals surface area contributed by atoms with E-state index in [0.717, 1.165) is 31.4 Å². The molecule has 0 atom stereocenters. The summed E-state index contributed by atoms with van der Waals surface area (Å²) in [6.07, 6.45) is 4.73. The molecule has 0 unspecified atom stereocenters. The number of halogens is 1. The number of rotatable bonds is 11. The van der Waals surface area contributed by atoms with E-state index in [2.05, 4.69) is 29.5 Å². The zero-order valence-electron chi connectivity index (χ0n) is 16.8. The van der Waals surface area contributed by atoms with Crippen LogP contribution < -0.4 is 15.4 Å². The molecular formula is C19H34IN3O3S. The third-order valence-corrected chi connectivity index (χ3v) is 4.85. The van der Waals surface area contributed by atoms with E-state index in [4.69, 9.17) is 4.74 Å². The normalized spacial score (nSPS) is 11.8. The third-order valence-electron chi connectivity index (χ3n) is 3.72. The molecule has 1 aromatic carbocycles. The van der Waals surface area contributed by atoms with Gasteiger partial charge in [-0.15, -0.1) is 24.0 Å². The van der Waals surface area contributed by atoms with Crippen LogP contribution in [0.15, 0.2) is 34.2 Å². The lowest BCUT2D eigenvalue weighted by molar-refractivity contribution is 0.321. The summed E-state index contributed by atoms with van der Waals surface area (Å²) in [5.74, 6) is 2.19. The molecule has 0 fully saturated rings. The van der Waals surface area contributed by atoms with Crippen molar-refractivity contribution in [1.82, 2.24) is 10.6 Å². The summed E-state index contributed by atoms with van der Waals surface area (Å²) in [5.41, 5.74) is 0.